The lowest BCUT2D eigenvalue weighted by Crippen LogP contribution is -2.41. The Kier molecular flexibility index (Phi) is 4.58. The van der Waals surface area contributed by atoms with Gasteiger partial charge in [-0.1, -0.05) is 6.07 Å². The molecule has 1 saturated heterocycles. The van der Waals surface area contributed by atoms with Crippen molar-refractivity contribution in [1.29, 1.82) is 0 Å². The van der Waals surface area contributed by atoms with Gasteiger partial charge in [0.15, 0.2) is 9.84 Å². The van der Waals surface area contributed by atoms with E-state index in [0.29, 0.717) is 13.0 Å². The van der Waals surface area contributed by atoms with Crippen LogP contribution in [0.15, 0.2) is 18.2 Å². The van der Waals surface area contributed by atoms with Crippen LogP contribution >= 0.6 is 0 Å². The summed E-state index contributed by atoms with van der Waals surface area (Å²) in [6.45, 7) is 2.21. The van der Waals surface area contributed by atoms with Gasteiger partial charge in [-0.3, -0.25) is 9.59 Å². The molecule has 2 heterocycles. The third kappa shape index (κ3) is 3.75. The zero-order valence-electron chi connectivity index (χ0n) is 13.6. The number of amides is 2. The molecule has 0 bridgehead atoms. The van der Waals surface area contributed by atoms with Gasteiger partial charge in [-0.15, -0.1) is 0 Å². The van der Waals surface area contributed by atoms with Crippen molar-refractivity contribution >= 4 is 21.7 Å². The van der Waals surface area contributed by atoms with Gasteiger partial charge in [0.2, 0.25) is 0 Å². The molecule has 24 heavy (non-hydrogen) atoms. The Hall–Kier alpha value is -1.96. The van der Waals surface area contributed by atoms with Crippen molar-refractivity contribution in [1.82, 2.24) is 15.2 Å². The normalized spacial score (nSPS) is 22.1. The number of carbonyl (C=O) groups is 2. The van der Waals surface area contributed by atoms with Crippen molar-refractivity contribution < 1.29 is 18.0 Å². The van der Waals surface area contributed by atoms with Crippen LogP contribution in [0.3, 0.4) is 0 Å². The first kappa shape index (κ1) is 16.9. The van der Waals surface area contributed by atoms with Crippen LogP contribution in [0.4, 0.5) is 0 Å². The van der Waals surface area contributed by atoms with Gasteiger partial charge in [-0.2, -0.15) is 0 Å². The SMILES string of the molecule is CCN(C(=O)c1cccc(C(=O)NC2CC2)n1)C1CCS(=O)(=O)C1. The highest BCUT2D eigenvalue weighted by Gasteiger charge is 2.34. The van der Waals surface area contributed by atoms with Crippen molar-refractivity contribution in [2.24, 2.45) is 0 Å². The highest BCUT2D eigenvalue weighted by Crippen LogP contribution is 2.20. The topological polar surface area (TPSA) is 96.4 Å². The van der Waals surface area contributed by atoms with E-state index in [1.165, 1.54) is 4.90 Å². The molecule has 1 aromatic rings. The number of pyridine rings is 1. The maximum absolute atomic E-state index is 12.7. The van der Waals surface area contributed by atoms with Crippen molar-refractivity contribution in [3.05, 3.63) is 29.6 Å². The van der Waals surface area contributed by atoms with E-state index < -0.39 is 9.84 Å². The van der Waals surface area contributed by atoms with Crippen LogP contribution < -0.4 is 5.32 Å². The molecular formula is C16H21N3O4S. The molecule has 0 aromatic carbocycles. The van der Waals surface area contributed by atoms with Gasteiger partial charge in [0, 0.05) is 18.6 Å². The molecule has 130 valence electrons. The number of carbonyl (C=O) groups excluding carboxylic acids is 2. The van der Waals surface area contributed by atoms with Gasteiger partial charge >= 0.3 is 0 Å². The van der Waals surface area contributed by atoms with E-state index in [4.69, 9.17) is 0 Å². The molecule has 3 rings (SSSR count). The van der Waals surface area contributed by atoms with E-state index in [2.05, 4.69) is 10.3 Å². The lowest BCUT2D eigenvalue weighted by atomic mass is 10.2. The largest absolute Gasteiger partial charge is 0.348 e. The van der Waals surface area contributed by atoms with Crippen LogP contribution in [-0.4, -0.2) is 60.3 Å². The summed E-state index contributed by atoms with van der Waals surface area (Å²) in [5.41, 5.74) is 0.382. The molecule has 2 fully saturated rings. The molecule has 1 aromatic heterocycles. The summed E-state index contributed by atoms with van der Waals surface area (Å²) in [7, 11) is -3.07. The molecule has 0 radical (unpaired) electrons. The maximum Gasteiger partial charge on any atom is 0.272 e. The Morgan fingerprint density at radius 2 is 1.96 bits per heavy atom. The Morgan fingerprint density at radius 3 is 2.54 bits per heavy atom. The minimum atomic E-state index is -3.07. The number of nitrogens with zero attached hydrogens (tertiary/aromatic N) is 2. The van der Waals surface area contributed by atoms with Crippen molar-refractivity contribution in [2.45, 2.75) is 38.3 Å². The smallest absolute Gasteiger partial charge is 0.272 e. The average molecular weight is 351 g/mol. The summed E-state index contributed by atoms with van der Waals surface area (Å²) in [5.74, 6) is -0.507. The second kappa shape index (κ2) is 6.51. The van der Waals surface area contributed by atoms with E-state index >= 15 is 0 Å². The summed E-state index contributed by atoms with van der Waals surface area (Å²) in [6.07, 6.45) is 2.40. The zero-order valence-corrected chi connectivity index (χ0v) is 14.4. The minimum Gasteiger partial charge on any atom is -0.348 e. The lowest BCUT2D eigenvalue weighted by molar-refractivity contribution is 0.0702. The number of sulfone groups is 1. The molecule has 1 unspecified atom stereocenters. The van der Waals surface area contributed by atoms with E-state index in [0.717, 1.165) is 12.8 Å². The van der Waals surface area contributed by atoms with Gasteiger partial charge in [0.1, 0.15) is 11.4 Å². The van der Waals surface area contributed by atoms with E-state index in [1.54, 1.807) is 18.2 Å². The molecule has 1 aliphatic heterocycles. The van der Waals surface area contributed by atoms with Crippen LogP contribution in [0.25, 0.3) is 0 Å². The number of hydrogen-bond donors (Lipinski definition) is 1. The molecule has 2 aliphatic rings. The fraction of sp³-hybridized carbons (Fsp3) is 0.562. The van der Waals surface area contributed by atoms with Crippen LogP contribution in [-0.2, 0) is 9.84 Å². The molecule has 2 amide bonds. The Morgan fingerprint density at radius 1 is 1.25 bits per heavy atom. The number of rotatable bonds is 5. The van der Waals surface area contributed by atoms with Gasteiger partial charge in [0.05, 0.1) is 11.5 Å². The predicted molar refractivity (Wildman–Crippen MR) is 88.5 cm³/mol. The highest BCUT2D eigenvalue weighted by molar-refractivity contribution is 7.91. The third-order valence-corrected chi connectivity index (χ3v) is 6.11. The highest BCUT2D eigenvalue weighted by atomic mass is 32.2. The molecule has 7 nitrogen and oxygen atoms in total. The van der Waals surface area contributed by atoms with Gasteiger partial charge in [-0.05, 0) is 38.3 Å². The standard InChI is InChI=1S/C16H21N3O4S/c1-2-19(12-8-9-24(22,23)10-12)16(21)14-5-3-4-13(18-14)15(20)17-11-6-7-11/h3-5,11-12H,2,6-10H2,1H3,(H,17,20). The Bertz CT molecular complexity index is 758. The first-order chi connectivity index (χ1) is 11.4. The van der Waals surface area contributed by atoms with E-state index in [1.807, 2.05) is 6.92 Å². The van der Waals surface area contributed by atoms with Gasteiger partial charge in [-0.25, -0.2) is 13.4 Å². The van der Waals surface area contributed by atoms with Crippen molar-refractivity contribution in [2.75, 3.05) is 18.1 Å². The first-order valence-corrected chi connectivity index (χ1v) is 10.0. The molecule has 1 atom stereocenters. The van der Waals surface area contributed by atoms with Crippen LogP contribution in [0.2, 0.25) is 0 Å². The van der Waals surface area contributed by atoms with Crippen LogP contribution in [0, 0.1) is 0 Å². The summed E-state index contributed by atoms with van der Waals surface area (Å²) in [4.78, 5) is 30.5. The average Bonchev–Trinajstić information content (AvgIpc) is 3.30. The molecule has 1 aliphatic carbocycles. The van der Waals surface area contributed by atoms with Crippen molar-refractivity contribution in [3.63, 3.8) is 0 Å². The second-order valence-electron chi connectivity index (χ2n) is 6.30. The number of nitrogens with one attached hydrogen (secondary N) is 1. The molecule has 0 spiro atoms. The summed E-state index contributed by atoms with van der Waals surface area (Å²) >= 11 is 0. The molecule has 1 saturated carbocycles. The maximum atomic E-state index is 12.7. The van der Waals surface area contributed by atoms with Crippen LogP contribution in [0.1, 0.15) is 47.2 Å². The lowest BCUT2D eigenvalue weighted by Gasteiger charge is -2.26. The van der Waals surface area contributed by atoms with Gasteiger partial charge in [0.25, 0.3) is 11.8 Å². The van der Waals surface area contributed by atoms with Gasteiger partial charge < -0.3 is 10.2 Å². The Balaban J connectivity index is 1.76. The van der Waals surface area contributed by atoms with E-state index in [-0.39, 0.29) is 46.8 Å². The fourth-order valence-corrected chi connectivity index (χ4v) is 4.63. The molecule has 1 N–H and O–H groups in total. The fourth-order valence-electron chi connectivity index (χ4n) is 2.90. The first-order valence-electron chi connectivity index (χ1n) is 8.19. The monoisotopic (exact) mass is 351 g/mol. The molecule has 8 heteroatoms. The summed E-state index contributed by atoms with van der Waals surface area (Å²) in [6, 6.07) is 4.65. The summed E-state index contributed by atoms with van der Waals surface area (Å²) < 4.78 is 23.3. The van der Waals surface area contributed by atoms with Crippen LogP contribution in [0.5, 0.6) is 0 Å². The minimum absolute atomic E-state index is 0.00552. The zero-order chi connectivity index (χ0) is 17.3. The number of hydrogen-bond acceptors (Lipinski definition) is 5. The molecular weight excluding hydrogens is 330 g/mol. The number of aromatic nitrogens is 1. The van der Waals surface area contributed by atoms with E-state index in [9.17, 15) is 18.0 Å². The van der Waals surface area contributed by atoms with Crippen molar-refractivity contribution in [3.8, 4) is 0 Å². The predicted octanol–water partition coefficient (Wildman–Crippen LogP) is 0.623. The summed E-state index contributed by atoms with van der Waals surface area (Å²) in [5, 5.41) is 2.84. The second-order valence-corrected chi connectivity index (χ2v) is 8.53. The Labute approximate surface area is 141 Å². The quantitative estimate of drug-likeness (QED) is 0.839. The third-order valence-electron chi connectivity index (χ3n) is 4.36.